The number of carbonyl (C=O) groups excluding carboxylic acids is 1. The van der Waals surface area contributed by atoms with Crippen molar-refractivity contribution >= 4 is 5.91 Å². The number of likely N-dealkylation sites (N-methyl/N-ethyl adjacent to an activating group) is 1. The van der Waals surface area contributed by atoms with E-state index in [0.717, 1.165) is 11.1 Å². The van der Waals surface area contributed by atoms with Crippen LogP contribution in [0.2, 0.25) is 0 Å². The van der Waals surface area contributed by atoms with Crippen molar-refractivity contribution in [3.8, 4) is 6.07 Å². The molecule has 0 aliphatic heterocycles. The molecule has 0 aliphatic rings. The van der Waals surface area contributed by atoms with Crippen LogP contribution in [0.3, 0.4) is 0 Å². The van der Waals surface area contributed by atoms with E-state index in [9.17, 15) is 15.2 Å². The van der Waals surface area contributed by atoms with Gasteiger partial charge in [-0.25, -0.2) is 0 Å². The molecule has 1 aromatic rings. The molecule has 0 saturated heterocycles. The second-order valence-electron chi connectivity index (χ2n) is 6.77. The Kier molecular flexibility index (Phi) is 7.40. The molecule has 0 saturated carbocycles. The number of hydrogen-bond acceptors (Lipinski definition) is 4. The van der Waals surface area contributed by atoms with Crippen LogP contribution >= 0.6 is 0 Å². The van der Waals surface area contributed by atoms with Gasteiger partial charge in [0.25, 0.3) is 0 Å². The lowest BCUT2D eigenvalue weighted by atomic mass is 9.90. The van der Waals surface area contributed by atoms with Crippen LogP contribution < -0.4 is 5.32 Å². The Morgan fingerprint density at radius 2 is 1.96 bits per heavy atom. The smallest absolute Gasteiger partial charge is 0.235 e. The van der Waals surface area contributed by atoms with Crippen LogP contribution in [0.25, 0.3) is 0 Å². The van der Waals surface area contributed by atoms with Crippen LogP contribution in [-0.4, -0.2) is 41.1 Å². The van der Waals surface area contributed by atoms with E-state index >= 15 is 0 Å². The Bertz CT molecular complexity index is 577. The summed E-state index contributed by atoms with van der Waals surface area (Å²) in [6, 6.07) is 9.90. The molecule has 132 valence electrons. The number of aliphatic hydroxyl groups excluding tert-OH is 1. The van der Waals surface area contributed by atoms with Crippen molar-refractivity contribution in [2.45, 2.75) is 46.3 Å². The van der Waals surface area contributed by atoms with Crippen LogP contribution in [0.1, 0.15) is 44.9 Å². The minimum Gasteiger partial charge on any atom is -0.387 e. The van der Waals surface area contributed by atoms with Crippen molar-refractivity contribution in [2.24, 2.45) is 5.92 Å². The fourth-order valence-electron chi connectivity index (χ4n) is 2.28. The third kappa shape index (κ3) is 5.63. The molecule has 24 heavy (non-hydrogen) atoms. The number of rotatable bonds is 8. The van der Waals surface area contributed by atoms with Crippen LogP contribution in [0.15, 0.2) is 24.3 Å². The predicted molar refractivity (Wildman–Crippen MR) is 95.3 cm³/mol. The quantitative estimate of drug-likeness (QED) is 0.767. The average Bonchev–Trinajstić information content (AvgIpc) is 2.54. The molecule has 2 atom stereocenters. The van der Waals surface area contributed by atoms with Gasteiger partial charge in [-0.1, -0.05) is 50.6 Å². The van der Waals surface area contributed by atoms with Gasteiger partial charge in [0, 0.05) is 6.54 Å². The maximum Gasteiger partial charge on any atom is 0.235 e. The number of amides is 1. The lowest BCUT2D eigenvalue weighted by molar-refractivity contribution is -0.124. The molecule has 5 nitrogen and oxygen atoms in total. The molecule has 1 aromatic carbocycles. The van der Waals surface area contributed by atoms with E-state index in [-0.39, 0.29) is 18.4 Å². The Morgan fingerprint density at radius 1 is 1.38 bits per heavy atom. The molecule has 1 rings (SSSR count). The SMILES string of the molecule is CCN(CC(=O)NC(C)(C#N)C(C)C)CC(O)c1ccc(C)cc1. The molecule has 5 heteroatoms. The summed E-state index contributed by atoms with van der Waals surface area (Å²) in [5.41, 5.74) is 1.09. The van der Waals surface area contributed by atoms with Crippen LogP contribution in [-0.2, 0) is 4.79 Å². The molecule has 0 bridgehead atoms. The number of benzene rings is 1. The largest absolute Gasteiger partial charge is 0.387 e. The fourth-order valence-corrected chi connectivity index (χ4v) is 2.28. The van der Waals surface area contributed by atoms with E-state index in [2.05, 4.69) is 11.4 Å². The first-order chi connectivity index (χ1) is 11.2. The minimum atomic E-state index is -0.883. The Morgan fingerprint density at radius 3 is 2.42 bits per heavy atom. The highest BCUT2D eigenvalue weighted by Gasteiger charge is 2.30. The lowest BCUT2D eigenvalue weighted by Gasteiger charge is -2.29. The third-order valence-corrected chi connectivity index (χ3v) is 4.49. The third-order valence-electron chi connectivity index (χ3n) is 4.49. The summed E-state index contributed by atoms with van der Waals surface area (Å²) in [6.07, 6.45) is -0.647. The van der Waals surface area contributed by atoms with Gasteiger partial charge < -0.3 is 10.4 Å². The van der Waals surface area contributed by atoms with Gasteiger partial charge in [-0.3, -0.25) is 9.69 Å². The highest BCUT2D eigenvalue weighted by atomic mass is 16.3. The molecular weight excluding hydrogens is 302 g/mol. The van der Waals surface area contributed by atoms with Crippen molar-refractivity contribution in [1.82, 2.24) is 10.2 Å². The number of nitriles is 1. The molecular formula is C19H29N3O2. The van der Waals surface area contributed by atoms with Crippen molar-refractivity contribution in [1.29, 1.82) is 5.26 Å². The van der Waals surface area contributed by atoms with Gasteiger partial charge in [-0.05, 0) is 31.9 Å². The van der Waals surface area contributed by atoms with Crippen molar-refractivity contribution in [3.05, 3.63) is 35.4 Å². The van der Waals surface area contributed by atoms with Gasteiger partial charge in [0.1, 0.15) is 5.54 Å². The topological polar surface area (TPSA) is 76.4 Å². The van der Waals surface area contributed by atoms with E-state index < -0.39 is 11.6 Å². The summed E-state index contributed by atoms with van der Waals surface area (Å²) in [5.74, 6) is -0.189. The first kappa shape index (κ1) is 20.1. The van der Waals surface area contributed by atoms with Crippen molar-refractivity contribution < 1.29 is 9.90 Å². The normalized spacial score (nSPS) is 15.0. The molecule has 2 N–H and O–H groups in total. The second-order valence-corrected chi connectivity index (χ2v) is 6.77. The number of nitrogens with one attached hydrogen (secondary N) is 1. The monoisotopic (exact) mass is 331 g/mol. The Hall–Kier alpha value is -1.90. The van der Waals surface area contributed by atoms with Gasteiger partial charge in [-0.15, -0.1) is 0 Å². The van der Waals surface area contributed by atoms with Gasteiger partial charge >= 0.3 is 0 Å². The van der Waals surface area contributed by atoms with Crippen molar-refractivity contribution in [2.75, 3.05) is 19.6 Å². The summed E-state index contributed by atoms with van der Waals surface area (Å²) in [6.45, 7) is 10.7. The zero-order valence-corrected chi connectivity index (χ0v) is 15.3. The van der Waals surface area contributed by atoms with E-state index in [1.807, 2.05) is 56.9 Å². The molecule has 0 radical (unpaired) electrons. The van der Waals surface area contributed by atoms with Crippen LogP contribution in [0, 0.1) is 24.2 Å². The molecule has 2 unspecified atom stereocenters. The molecule has 0 spiro atoms. The number of nitrogens with zero attached hydrogens (tertiary/aromatic N) is 2. The molecule has 0 aliphatic carbocycles. The molecule has 0 aromatic heterocycles. The first-order valence-corrected chi connectivity index (χ1v) is 8.41. The minimum absolute atomic E-state index is 0.0136. The number of aryl methyl sites for hydroxylation is 1. The van der Waals surface area contributed by atoms with Crippen LogP contribution in [0.5, 0.6) is 0 Å². The second kappa shape index (κ2) is 8.81. The van der Waals surface area contributed by atoms with E-state index in [1.54, 1.807) is 6.92 Å². The maximum absolute atomic E-state index is 12.3. The highest BCUT2D eigenvalue weighted by Crippen LogP contribution is 2.16. The Labute approximate surface area is 145 Å². The van der Waals surface area contributed by atoms with Gasteiger partial charge in [0.15, 0.2) is 0 Å². The average molecular weight is 331 g/mol. The summed E-state index contributed by atoms with van der Waals surface area (Å²) in [7, 11) is 0. The van der Waals surface area contributed by atoms with Gasteiger partial charge in [0.2, 0.25) is 5.91 Å². The fraction of sp³-hybridized carbons (Fsp3) is 0.579. The summed E-state index contributed by atoms with van der Waals surface area (Å²) in [4.78, 5) is 14.1. The highest BCUT2D eigenvalue weighted by molar-refractivity contribution is 5.79. The summed E-state index contributed by atoms with van der Waals surface area (Å²) < 4.78 is 0. The number of hydrogen-bond donors (Lipinski definition) is 2. The standard InChI is InChI=1S/C19H29N3O2/c1-6-22(11-17(23)16-9-7-15(4)8-10-16)12-18(24)21-19(5,13-20)14(2)3/h7-10,14,17,23H,6,11-12H2,1-5H3,(H,21,24). The van der Waals surface area contributed by atoms with Crippen LogP contribution in [0.4, 0.5) is 0 Å². The lowest BCUT2D eigenvalue weighted by Crippen LogP contribution is -2.52. The number of carbonyl (C=O) groups is 1. The van der Waals surface area contributed by atoms with Gasteiger partial charge in [-0.2, -0.15) is 5.26 Å². The van der Waals surface area contributed by atoms with E-state index in [1.165, 1.54) is 0 Å². The first-order valence-electron chi connectivity index (χ1n) is 8.41. The summed E-state index contributed by atoms with van der Waals surface area (Å²) >= 11 is 0. The Balaban J connectivity index is 2.65. The molecule has 0 heterocycles. The zero-order valence-electron chi connectivity index (χ0n) is 15.3. The maximum atomic E-state index is 12.3. The van der Waals surface area contributed by atoms with E-state index in [4.69, 9.17) is 0 Å². The van der Waals surface area contributed by atoms with Crippen molar-refractivity contribution in [3.63, 3.8) is 0 Å². The molecule has 0 fully saturated rings. The summed E-state index contributed by atoms with van der Waals surface area (Å²) in [5, 5.41) is 22.5. The van der Waals surface area contributed by atoms with Gasteiger partial charge in [0.05, 0.1) is 18.7 Å². The predicted octanol–water partition coefficient (Wildman–Crippen LogP) is 2.40. The molecule has 1 amide bonds. The number of aliphatic hydroxyl groups is 1. The zero-order chi connectivity index (χ0) is 18.3. The van der Waals surface area contributed by atoms with E-state index in [0.29, 0.717) is 13.1 Å².